The van der Waals surface area contributed by atoms with Crippen LogP contribution in [0.2, 0.25) is 0 Å². The van der Waals surface area contributed by atoms with Crippen molar-refractivity contribution in [2.45, 2.75) is 13.0 Å². The van der Waals surface area contributed by atoms with Gasteiger partial charge in [0.05, 0.1) is 17.8 Å². The van der Waals surface area contributed by atoms with Crippen molar-refractivity contribution in [3.8, 4) is 11.5 Å². The number of amides is 2. The summed E-state index contributed by atoms with van der Waals surface area (Å²) in [6.45, 7) is 1.82. The molecule has 3 N–H and O–H groups in total. The van der Waals surface area contributed by atoms with E-state index in [4.69, 9.17) is 4.74 Å². The van der Waals surface area contributed by atoms with Crippen LogP contribution >= 0.6 is 0 Å². The summed E-state index contributed by atoms with van der Waals surface area (Å²) in [5, 5.41) is 18.7. The molecule has 0 aliphatic carbocycles. The molecule has 0 bridgehead atoms. The van der Waals surface area contributed by atoms with Gasteiger partial charge in [0.25, 0.3) is 11.8 Å². The van der Waals surface area contributed by atoms with Gasteiger partial charge in [0, 0.05) is 0 Å². The van der Waals surface area contributed by atoms with Gasteiger partial charge >= 0.3 is 0 Å². The van der Waals surface area contributed by atoms with E-state index >= 15 is 0 Å². The highest BCUT2D eigenvalue weighted by molar-refractivity contribution is 6.01. The molecule has 0 aliphatic heterocycles. The normalized spacial score (nSPS) is 11.8. The molecule has 0 radical (unpaired) electrons. The Labute approximate surface area is 203 Å². The number of rotatable bonds is 8. The summed E-state index contributed by atoms with van der Waals surface area (Å²) in [5.74, 6) is -0.304. The smallest absolute Gasteiger partial charge is 0.275 e. The monoisotopic (exact) mass is 467 g/mol. The number of benzene rings is 4. The minimum absolute atomic E-state index is 0.101. The maximum atomic E-state index is 12.4. The zero-order chi connectivity index (χ0) is 24.6. The lowest BCUT2D eigenvalue weighted by Gasteiger charge is -2.14. The summed E-state index contributed by atoms with van der Waals surface area (Å²) in [4.78, 5) is 24.6. The molecule has 4 rings (SSSR count). The van der Waals surface area contributed by atoms with Gasteiger partial charge in [0.2, 0.25) is 0 Å². The van der Waals surface area contributed by atoms with E-state index in [9.17, 15) is 14.7 Å². The number of nitrogens with one attached hydrogen (secondary N) is 2. The van der Waals surface area contributed by atoms with Gasteiger partial charge < -0.3 is 15.2 Å². The van der Waals surface area contributed by atoms with Crippen LogP contribution in [0.3, 0.4) is 0 Å². The van der Waals surface area contributed by atoms with Gasteiger partial charge in [-0.2, -0.15) is 5.10 Å². The van der Waals surface area contributed by atoms with Crippen LogP contribution in [-0.2, 0) is 4.79 Å². The van der Waals surface area contributed by atoms with Crippen molar-refractivity contribution in [2.24, 2.45) is 5.10 Å². The molecule has 4 aromatic carbocycles. The summed E-state index contributed by atoms with van der Waals surface area (Å²) >= 11 is 0. The predicted octanol–water partition coefficient (Wildman–Crippen LogP) is 4.57. The van der Waals surface area contributed by atoms with Crippen molar-refractivity contribution < 1.29 is 19.4 Å². The SMILES string of the molecule is C[C@H](NC(=O)COc1ccc(/C=N\NC(=O)c2cc3ccccc3cc2O)cc1)c1ccccc1. The fourth-order valence-electron chi connectivity index (χ4n) is 3.54. The summed E-state index contributed by atoms with van der Waals surface area (Å²) < 4.78 is 5.55. The van der Waals surface area contributed by atoms with Gasteiger partial charge in [0.1, 0.15) is 11.5 Å². The number of phenols is 1. The van der Waals surface area contributed by atoms with Crippen LogP contribution in [-0.4, -0.2) is 29.7 Å². The molecule has 0 saturated carbocycles. The first-order valence-electron chi connectivity index (χ1n) is 11.1. The Kier molecular flexibility index (Phi) is 7.37. The number of carbonyl (C=O) groups excluding carboxylic acids is 2. The minimum atomic E-state index is -0.514. The lowest BCUT2D eigenvalue weighted by molar-refractivity contribution is -0.123. The highest BCUT2D eigenvalue weighted by Gasteiger charge is 2.12. The summed E-state index contributed by atoms with van der Waals surface area (Å²) in [6, 6.07) is 27.2. The first-order chi connectivity index (χ1) is 17.0. The zero-order valence-corrected chi connectivity index (χ0v) is 19.1. The molecule has 0 saturated heterocycles. The van der Waals surface area contributed by atoms with Crippen LogP contribution in [0.25, 0.3) is 10.8 Å². The maximum absolute atomic E-state index is 12.4. The van der Waals surface area contributed by atoms with Gasteiger partial charge in [-0.1, -0.05) is 54.6 Å². The third-order valence-electron chi connectivity index (χ3n) is 5.42. The van der Waals surface area contributed by atoms with E-state index in [1.807, 2.05) is 61.5 Å². The third kappa shape index (κ3) is 6.23. The molecule has 0 fully saturated rings. The van der Waals surface area contributed by atoms with Crippen molar-refractivity contribution in [2.75, 3.05) is 6.61 Å². The van der Waals surface area contributed by atoms with Crippen molar-refractivity contribution in [1.29, 1.82) is 0 Å². The molecule has 0 aliphatic rings. The largest absolute Gasteiger partial charge is 0.507 e. The van der Waals surface area contributed by atoms with Crippen LogP contribution in [0.15, 0.2) is 96.1 Å². The molecule has 176 valence electrons. The Morgan fingerprint density at radius 1 is 0.943 bits per heavy atom. The molecule has 0 spiro atoms. The number of aromatic hydroxyl groups is 1. The van der Waals surface area contributed by atoms with Gasteiger partial charge in [-0.05, 0) is 65.2 Å². The summed E-state index contributed by atoms with van der Waals surface area (Å²) in [5.41, 5.74) is 4.31. The molecule has 4 aromatic rings. The number of fused-ring (bicyclic) bond motifs is 1. The Hall–Kier alpha value is -4.65. The van der Waals surface area contributed by atoms with E-state index in [1.165, 1.54) is 6.21 Å². The van der Waals surface area contributed by atoms with Crippen LogP contribution in [0.1, 0.15) is 34.5 Å². The number of hydrogen-bond acceptors (Lipinski definition) is 5. The highest BCUT2D eigenvalue weighted by atomic mass is 16.5. The average Bonchev–Trinajstić information content (AvgIpc) is 2.88. The van der Waals surface area contributed by atoms with E-state index in [0.29, 0.717) is 5.75 Å². The van der Waals surface area contributed by atoms with Crippen LogP contribution in [0.4, 0.5) is 0 Å². The van der Waals surface area contributed by atoms with E-state index in [-0.39, 0.29) is 29.9 Å². The lowest BCUT2D eigenvalue weighted by Crippen LogP contribution is -2.31. The van der Waals surface area contributed by atoms with Crippen LogP contribution < -0.4 is 15.5 Å². The van der Waals surface area contributed by atoms with E-state index < -0.39 is 5.91 Å². The fraction of sp³-hybridized carbons (Fsp3) is 0.107. The third-order valence-corrected chi connectivity index (χ3v) is 5.42. The van der Waals surface area contributed by atoms with E-state index in [0.717, 1.165) is 21.9 Å². The second-order valence-corrected chi connectivity index (χ2v) is 7.97. The Balaban J connectivity index is 1.27. The number of phenolic OH excluding ortho intramolecular Hbond substituents is 1. The summed E-state index contributed by atoms with van der Waals surface area (Å²) in [7, 11) is 0. The molecule has 7 nitrogen and oxygen atoms in total. The standard InChI is InChI=1S/C28H25N3O4/c1-19(21-7-3-2-4-8-21)30-27(33)18-35-24-13-11-20(12-14-24)17-29-31-28(34)25-15-22-9-5-6-10-23(22)16-26(25)32/h2-17,19,32H,18H2,1H3,(H,30,33)(H,31,34)/b29-17-/t19-/m0/s1. The Morgan fingerprint density at radius 3 is 2.31 bits per heavy atom. The quantitative estimate of drug-likeness (QED) is 0.261. The average molecular weight is 468 g/mol. The van der Waals surface area contributed by atoms with Crippen LogP contribution in [0.5, 0.6) is 11.5 Å². The van der Waals surface area contributed by atoms with E-state index in [1.54, 1.807) is 36.4 Å². The molecule has 1 atom stereocenters. The van der Waals surface area contributed by atoms with Crippen molar-refractivity contribution in [1.82, 2.24) is 10.7 Å². The van der Waals surface area contributed by atoms with Crippen LogP contribution in [0, 0.1) is 0 Å². The fourth-order valence-corrected chi connectivity index (χ4v) is 3.54. The predicted molar refractivity (Wildman–Crippen MR) is 136 cm³/mol. The van der Waals surface area contributed by atoms with Gasteiger partial charge in [-0.15, -0.1) is 0 Å². The summed E-state index contributed by atoms with van der Waals surface area (Å²) in [6.07, 6.45) is 1.48. The molecule has 0 heterocycles. The molecular formula is C28H25N3O4. The first-order valence-corrected chi connectivity index (χ1v) is 11.1. The van der Waals surface area contributed by atoms with Crippen molar-refractivity contribution in [3.63, 3.8) is 0 Å². The number of ether oxygens (including phenoxy) is 1. The second kappa shape index (κ2) is 11.0. The first kappa shape index (κ1) is 23.5. The zero-order valence-electron chi connectivity index (χ0n) is 19.1. The molecule has 7 heteroatoms. The molecule has 0 unspecified atom stereocenters. The lowest BCUT2D eigenvalue weighted by atomic mass is 10.1. The van der Waals surface area contributed by atoms with Gasteiger partial charge in [-0.25, -0.2) is 5.43 Å². The number of hydrogen-bond donors (Lipinski definition) is 3. The Morgan fingerprint density at radius 2 is 1.60 bits per heavy atom. The number of carbonyl (C=O) groups is 2. The van der Waals surface area contributed by atoms with E-state index in [2.05, 4.69) is 15.8 Å². The number of hydrazone groups is 1. The van der Waals surface area contributed by atoms with Crippen molar-refractivity contribution in [3.05, 3.63) is 108 Å². The maximum Gasteiger partial charge on any atom is 0.275 e. The van der Waals surface area contributed by atoms with Gasteiger partial charge in [0.15, 0.2) is 6.61 Å². The molecule has 2 amide bonds. The van der Waals surface area contributed by atoms with Gasteiger partial charge in [-0.3, -0.25) is 9.59 Å². The molecule has 35 heavy (non-hydrogen) atoms. The topological polar surface area (TPSA) is 100 Å². The Bertz CT molecular complexity index is 1350. The number of nitrogens with zero attached hydrogens (tertiary/aromatic N) is 1. The second-order valence-electron chi connectivity index (χ2n) is 7.97. The minimum Gasteiger partial charge on any atom is -0.507 e. The molecule has 0 aromatic heterocycles. The molecular weight excluding hydrogens is 442 g/mol. The van der Waals surface area contributed by atoms with Crippen molar-refractivity contribution >= 4 is 28.8 Å². The highest BCUT2D eigenvalue weighted by Crippen LogP contribution is 2.24.